The minimum atomic E-state index is -0.797. The minimum Gasteiger partial charge on any atom is -0.481 e. The highest BCUT2D eigenvalue weighted by Gasteiger charge is 2.20. The largest absolute Gasteiger partial charge is 0.481 e. The molecular weight excluding hydrogens is 445 g/mol. The van der Waals surface area contributed by atoms with Crippen molar-refractivity contribution in [3.05, 3.63) is 70.5 Å². The average Bonchev–Trinajstić information content (AvgIpc) is 2.77. The zero-order valence-corrected chi connectivity index (χ0v) is 18.2. The molecule has 0 radical (unpaired) electrons. The second-order valence-electron chi connectivity index (χ2n) is 5.87. The summed E-state index contributed by atoms with van der Waals surface area (Å²) in [4.78, 5) is 26.7. The first-order valence-electron chi connectivity index (χ1n) is 8.70. The van der Waals surface area contributed by atoms with E-state index in [9.17, 15) is 9.18 Å². The van der Waals surface area contributed by atoms with Gasteiger partial charge in [0, 0.05) is 10.5 Å². The van der Waals surface area contributed by atoms with Crippen LogP contribution < -0.4 is 9.47 Å². The zero-order chi connectivity index (χ0) is 22.4. The second-order valence-corrected chi connectivity index (χ2v) is 7.28. The Balaban J connectivity index is 1.87. The third-order valence-corrected chi connectivity index (χ3v) is 5.08. The lowest BCUT2D eigenvalue weighted by molar-refractivity contribution is 0.0512. The molecule has 0 spiro atoms. The number of nitrogens with zero attached hydrogens (tertiary/aromatic N) is 3. The molecule has 0 aliphatic carbocycles. The fourth-order valence-corrected chi connectivity index (χ4v) is 3.56. The van der Waals surface area contributed by atoms with Gasteiger partial charge in [0.25, 0.3) is 0 Å². The molecule has 0 fully saturated rings. The Kier molecular flexibility index (Phi) is 7.28. The van der Waals surface area contributed by atoms with Crippen LogP contribution in [0, 0.1) is 17.9 Å². The Morgan fingerprint density at radius 3 is 2.55 bits per heavy atom. The van der Waals surface area contributed by atoms with Crippen molar-refractivity contribution in [3.8, 4) is 11.8 Å². The number of carbonyl (C=O) groups is 1. The fourth-order valence-electron chi connectivity index (χ4n) is 2.34. The number of methoxy groups -OCH3 is 2. The van der Waals surface area contributed by atoms with Crippen molar-refractivity contribution in [2.24, 2.45) is 5.16 Å². The van der Waals surface area contributed by atoms with Crippen LogP contribution in [0.3, 0.4) is 0 Å². The highest BCUT2D eigenvalue weighted by molar-refractivity contribution is 7.99. The first kappa shape index (κ1) is 22.3. The van der Waals surface area contributed by atoms with Crippen molar-refractivity contribution >= 4 is 35.0 Å². The molecule has 0 N–H and O–H groups in total. The van der Waals surface area contributed by atoms with Crippen molar-refractivity contribution in [2.75, 3.05) is 14.2 Å². The SMILES string of the molecule is COc1cc(OC)nc(Sc2cccc(Cl)c2C(=O)O/N=C(\C)c2cc#cc(F)c2)n1. The van der Waals surface area contributed by atoms with E-state index >= 15 is 0 Å². The molecule has 0 saturated heterocycles. The quantitative estimate of drug-likeness (QED) is 0.220. The van der Waals surface area contributed by atoms with Gasteiger partial charge in [-0.3, -0.25) is 0 Å². The summed E-state index contributed by atoms with van der Waals surface area (Å²) in [6.07, 6.45) is 0. The average molecular weight is 460 g/mol. The second kappa shape index (κ2) is 10.1. The molecule has 10 heteroatoms. The van der Waals surface area contributed by atoms with Gasteiger partial charge in [-0.1, -0.05) is 28.9 Å². The lowest BCUT2D eigenvalue weighted by atomic mass is 10.2. The number of aromatic nitrogens is 2. The van der Waals surface area contributed by atoms with Crippen molar-refractivity contribution in [3.63, 3.8) is 0 Å². The van der Waals surface area contributed by atoms with Crippen LogP contribution in [-0.2, 0) is 4.84 Å². The van der Waals surface area contributed by atoms with Crippen LogP contribution in [0.15, 0.2) is 51.6 Å². The number of oxime groups is 1. The number of carbonyl (C=O) groups excluding carboxylic acids is 1. The number of rotatable bonds is 7. The van der Waals surface area contributed by atoms with Gasteiger partial charge >= 0.3 is 5.97 Å². The molecular formula is C21H15ClFN3O4S. The molecule has 3 aromatic rings. The molecule has 1 aromatic heterocycles. The van der Waals surface area contributed by atoms with E-state index in [1.165, 1.54) is 32.4 Å². The summed E-state index contributed by atoms with van der Waals surface area (Å²) in [6, 6.07) is 13.9. The van der Waals surface area contributed by atoms with Crippen molar-refractivity contribution in [1.82, 2.24) is 9.97 Å². The van der Waals surface area contributed by atoms with Gasteiger partial charge in [-0.2, -0.15) is 14.4 Å². The lowest BCUT2D eigenvalue weighted by Crippen LogP contribution is -2.06. The van der Waals surface area contributed by atoms with Crippen LogP contribution in [0.1, 0.15) is 22.8 Å². The standard InChI is InChI=1S/C21H15ClFN3O4S/c1-12(13-6-4-7-14(23)10-13)26-30-20(27)19-15(22)8-5-9-16(19)31-21-24-17(28-2)11-18(25-21)29-3/h5-6,8-11H,1-3H3/b26-12+. The third kappa shape index (κ3) is 5.63. The van der Waals surface area contributed by atoms with Crippen LogP contribution >= 0.6 is 23.4 Å². The van der Waals surface area contributed by atoms with E-state index in [4.69, 9.17) is 25.9 Å². The molecule has 0 bridgehead atoms. The number of halogens is 2. The summed E-state index contributed by atoms with van der Waals surface area (Å²) >= 11 is 7.32. The smallest absolute Gasteiger partial charge is 0.368 e. The first-order chi connectivity index (χ1) is 14.9. The molecule has 7 nitrogen and oxygen atoms in total. The number of hydrogen-bond donors (Lipinski definition) is 0. The van der Waals surface area contributed by atoms with E-state index in [1.54, 1.807) is 25.1 Å². The van der Waals surface area contributed by atoms with Crippen LogP contribution in [0.2, 0.25) is 5.02 Å². The van der Waals surface area contributed by atoms with Crippen molar-refractivity contribution in [2.45, 2.75) is 17.0 Å². The summed E-state index contributed by atoms with van der Waals surface area (Å²) < 4.78 is 23.6. The van der Waals surface area contributed by atoms with E-state index in [-0.39, 0.29) is 21.5 Å². The molecule has 31 heavy (non-hydrogen) atoms. The van der Waals surface area contributed by atoms with E-state index < -0.39 is 11.8 Å². The van der Waals surface area contributed by atoms with Gasteiger partial charge in [0.05, 0.1) is 36.6 Å². The summed E-state index contributed by atoms with van der Waals surface area (Å²) in [6.45, 7) is 1.56. The van der Waals surface area contributed by atoms with Gasteiger partial charge < -0.3 is 14.3 Å². The minimum absolute atomic E-state index is 0.0789. The normalized spacial score (nSPS) is 10.9. The van der Waals surface area contributed by atoms with Gasteiger partial charge in [0.1, 0.15) is 0 Å². The molecule has 3 rings (SSSR count). The fraction of sp³-hybridized carbons (Fsp3) is 0.143. The Bertz CT molecular complexity index is 1120. The monoisotopic (exact) mass is 459 g/mol. The van der Waals surface area contributed by atoms with E-state index in [0.29, 0.717) is 22.2 Å². The van der Waals surface area contributed by atoms with Gasteiger partial charge in [0.2, 0.25) is 11.8 Å². The Morgan fingerprint density at radius 2 is 1.90 bits per heavy atom. The maximum atomic E-state index is 13.3. The number of ether oxygens (including phenoxy) is 2. The molecule has 0 aliphatic heterocycles. The van der Waals surface area contributed by atoms with Gasteiger partial charge in [-0.25, -0.2) is 4.79 Å². The molecule has 0 atom stereocenters. The summed E-state index contributed by atoms with van der Waals surface area (Å²) in [5.74, 6) is -0.805. The summed E-state index contributed by atoms with van der Waals surface area (Å²) in [5, 5.41) is 4.22. The molecule has 158 valence electrons. The van der Waals surface area contributed by atoms with E-state index in [0.717, 1.165) is 11.8 Å². The summed E-state index contributed by atoms with van der Waals surface area (Å²) in [5.41, 5.74) is 0.754. The van der Waals surface area contributed by atoms with Crippen molar-refractivity contribution in [1.29, 1.82) is 0 Å². The predicted molar refractivity (Wildman–Crippen MR) is 112 cm³/mol. The topological polar surface area (TPSA) is 82.9 Å². The van der Waals surface area contributed by atoms with Gasteiger partial charge in [-0.15, -0.1) is 0 Å². The highest BCUT2D eigenvalue weighted by Crippen LogP contribution is 2.34. The maximum Gasteiger partial charge on any atom is 0.368 e. The molecule has 1 heterocycles. The third-order valence-electron chi connectivity index (χ3n) is 3.84. The Labute approximate surface area is 187 Å². The summed E-state index contributed by atoms with van der Waals surface area (Å²) in [7, 11) is 2.93. The molecule has 0 saturated carbocycles. The Hall–Kier alpha value is -3.35. The van der Waals surface area contributed by atoms with Gasteiger partial charge in [-0.05, 0) is 49.0 Å². The molecule has 0 amide bonds. The lowest BCUT2D eigenvalue weighted by Gasteiger charge is -2.10. The van der Waals surface area contributed by atoms with E-state index in [2.05, 4.69) is 27.3 Å². The van der Waals surface area contributed by atoms with Crippen molar-refractivity contribution < 1.29 is 23.5 Å². The van der Waals surface area contributed by atoms with E-state index in [1.807, 2.05) is 0 Å². The van der Waals surface area contributed by atoms with Crippen LogP contribution in [0.5, 0.6) is 11.8 Å². The maximum absolute atomic E-state index is 13.3. The zero-order valence-electron chi connectivity index (χ0n) is 16.6. The molecule has 0 aliphatic rings. The van der Waals surface area contributed by atoms with Crippen LogP contribution in [-0.4, -0.2) is 35.9 Å². The first-order valence-corrected chi connectivity index (χ1v) is 9.89. The number of benzene rings is 1. The molecule has 2 aromatic carbocycles. The number of hydrogen-bond acceptors (Lipinski definition) is 8. The molecule has 0 unspecified atom stereocenters. The predicted octanol–water partition coefficient (Wildman–Crippen LogP) is 4.62. The Morgan fingerprint density at radius 1 is 1.19 bits per heavy atom. The highest BCUT2D eigenvalue weighted by atomic mass is 35.5. The van der Waals surface area contributed by atoms with Crippen LogP contribution in [0.4, 0.5) is 4.39 Å². The van der Waals surface area contributed by atoms with Crippen LogP contribution in [0.25, 0.3) is 0 Å². The van der Waals surface area contributed by atoms with Gasteiger partial charge in [0.15, 0.2) is 11.0 Å².